The number of carbonyl (C=O) groups is 2. The number of aryl methyl sites for hydroxylation is 2. The largest absolute Gasteiger partial charge is 0.383 e. The van der Waals surface area contributed by atoms with E-state index < -0.39 is 11.8 Å². The third-order valence-electron chi connectivity index (χ3n) is 4.29. The van der Waals surface area contributed by atoms with Gasteiger partial charge in [-0.05, 0) is 44.9 Å². The average molecular weight is 333 g/mol. The number of nitrogens with one attached hydrogen (secondary N) is 2. The fourth-order valence-electron chi connectivity index (χ4n) is 2.98. The summed E-state index contributed by atoms with van der Waals surface area (Å²) < 4.78 is 5.09. The molecule has 0 aliphatic carbocycles. The van der Waals surface area contributed by atoms with Gasteiger partial charge in [0.25, 0.3) is 0 Å². The van der Waals surface area contributed by atoms with Crippen molar-refractivity contribution >= 4 is 17.5 Å². The number of anilines is 1. The number of rotatable bonds is 5. The maximum absolute atomic E-state index is 12.1. The quantitative estimate of drug-likeness (QED) is 0.801. The monoisotopic (exact) mass is 333 g/mol. The Hall–Kier alpha value is -1.92. The van der Waals surface area contributed by atoms with Crippen LogP contribution in [0.15, 0.2) is 18.2 Å². The Bertz CT molecular complexity index is 589. The van der Waals surface area contributed by atoms with Crippen LogP contribution in [-0.2, 0) is 14.3 Å². The Labute approximate surface area is 143 Å². The Morgan fingerprint density at radius 2 is 2.08 bits per heavy atom. The molecule has 0 bridgehead atoms. The van der Waals surface area contributed by atoms with E-state index in [4.69, 9.17) is 4.74 Å². The Morgan fingerprint density at radius 1 is 1.29 bits per heavy atom. The van der Waals surface area contributed by atoms with Crippen LogP contribution < -0.4 is 10.6 Å². The molecule has 24 heavy (non-hydrogen) atoms. The van der Waals surface area contributed by atoms with Crippen LogP contribution >= 0.6 is 0 Å². The summed E-state index contributed by atoms with van der Waals surface area (Å²) >= 11 is 0. The van der Waals surface area contributed by atoms with E-state index in [1.807, 2.05) is 32.0 Å². The average Bonchev–Trinajstić information content (AvgIpc) is 2.55. The number of nitrogens with zero attached hydrogens (tertiary/aromatic N) is 1. The van der Waals surface area contributed by atoms with Crippen LogP contribution in [0.1, 0.15) is 24.0 Å². The number of likely N-dealkylation sites (tertiary alicyclic amines) is 1. The third-order valence-corrected chi connectivity index (χ3v) is 4.29. The van der Waals surface area contributed by atoms with Gasteiger partial charge in [0.2, 0.25) is 0 Å². The smallest absolute Gasteiger partial charge is 0.313 e. The highest BCUT2D eigenvalue weighted by molar-refractivity contribution is 6.39. The Balaban J connectivity index is 1.85. The van der Waals surface area contributed by atoms with Gasteiger partial charge < -0.3 is 15.4 Å². The second kappa shape index (κ2) is 8.80. The van der Waals surface area contributed by atoms with Gasteiger partial charge in [-0.1, -0.05) is 17.7 Å². The van der Waals surface area contributed by atoms with E-state index >= 15 is 0 Å². The topological polar surface area (TPSA) is 70.7 Å². The van der Waals surface area contributed by atoms with Gasteiger partial charge in [-0.2, -0.15) is 0 Å². The van der Waals surface area contributed by atoms with Crippen LogP contribution in [0.4, 0.5) is 5.69 Å². The van der Waals surface area contributed by atoms with E-state index in [1.54, 1.807) is 7.11 Å². The number of benzene rings is 1. The minimum absolute atomic E-state index is 0.00738. The minimum atomic E-state index is -0.615. The molecule has 2 N–H and O–H groups in total. The van der Waals surface area contributed by atoms with Crippen molar-refractivity contribution in [2.45, 2.75) is 32.7 Å². The van der Waals surface area contributed by atoms with Crippen LogP contribution in [0.2, 0.25) is 0 Å². The molecule has 1 aromatic rings. The first-order valence-corrected chi connectivity index (χ1v) is 8.40. The Morgan fingerprint density at radius 3 is 2.79 bits per heavy atom. The van der Waals surface area contributed by atoms with Crippen molar-refractivity contribution in [3.8, 4) is 0 Å². The molecule has 0 aromatic heterocycles. The van der Waals surface area contributed by atoms with Crippen LogP contribution in [0.3, 0.4) is 0 Å². The first-order chi connectivity index (χ1) is 11.5. The third kappa shape index (κ3) is 5.32. The standard InChI is InChI=1S/C18H27N3O3/c1-13-6-7-16(14(2)11-13)20-18(23)17(22)19-15-5-4-8-21(12-15)9-10-24-3/h6-7,11,15H,4-5,8-10,12H2,1-3H3,(H,19,22)(H,20,23)/t15-/m1/s1. The molecule has 1 aromatic carbocycles. The molecule has 2 rings (SSSR count). The second-order valence-corrected chi connectivity index (χ2v) is 6.38. The summed E-state index contributed by atoms with van der Waals surface area (Å²) in [6.07, 6.45) is 1.90. The summed E-state index contributed by atoms with van der Waals surface area (Å²) in [6, 6.07) is 5.72. The van der Waals surface area contributed by atoms with Gasteiger partial charge in [0, 0.05) is 31.9 Å². The Kier molecular flexibility index (Phi) is 6.75. The first-order valence-electron chi connectivity index (χ1n) is 8.40. The molecule has 1 aliphatic heterocycles. The van der Waals surface area contributed by atoms with Gasteiger partial charge in [-0.3, -0.25) is 14.5 Å². The van der Waals surface area contributed by atoms with Crippen molar-refractivity contribution in [1.29, 1.82) is 0 Å². The maximum Gasteiger partial charge on any atom is 0.313 e. The van der Waals surface area contributed by atoms with E-state index in [0.717, 1.165) is 43.6 Å². The molecule has 0 spiro atoms. The van der Waals surface area contributed by atoms with Crippen molar-refractivity contribution < 1.29 is 14.3 Å². The highest BCUT2D eigenvalue weighted by Gasteiger charge is 2.24. The first kappa shape index (κ1) is 18.4. The number of amides is 2. The molecule has 1 aliphatic rings. The predicted octanol–water partition coefficient (Wildman–Crippen LogP) is 1.47. The van der Waals surface area contributed by atoms with Gasteiger partial charge in [-0.15, -0.1) is 0 Å². The lowest BCUT2D eigenvalue weighted by Gasteiger charge is -2.32. The number of hydrogen-bond donors (Lipinski definition) is 2. The van der Waals surface area contributed by atoms with Gasteiger partial charge in [0.05, 0.1) is 6.61 Å². The zero-order valence-electron chi connectivity index (χ0n) is 14.7. The van der Waals surface area contributed by atoms with Crippen LogP contribution in [-0.4, -0.2) is 56.1 Å². The molecule has 1 heterocycles. The molecule has 1 fully saturated rings. The molecule has 1 saturated heterocycles. The van der Waals surface area contributed by atoms with Crippen molar-refractivity contribution in [1.82, 2.24) is 10.2 Å². The molecule has 1 atom stereocenters. The molecule has 0 radical (unpaired) electrons. The van der Waals surface area contributed by atoms with E-state index in [-0.39, 0.29) is 6.04 Å². The summed E-state index contributed by atoms with van der Waals surface area (Å²) in [5.41, 5.74) is 2.74. The van der Waals surface area contributed by atoms with Crippen molar-refractivity contribution in [3.63, 3.8) is 0 Å². The molecular weight excluding hydrogens is 306 g/mol. The summed E-state index contributed by atoms with van der Waals surface area (Å²) in [4.78, 5) is 26.5. The predicted molar refractivity (Wildman–Crippen MR) is 94.0 cm³/mol. The molecule has 6 nitrogen and oxygen atoms in total. The van der Waals surface area contributed by atoms with E-state index in [9.17, 15) is 9.59 Å². The SMILES string of the molecule is COCCN1CCC[C@@H](NC(=O)C(=O)Nc2ccc(C)cc2C)C1. The summed E-state index contributed by atoms with van der Waals surface area (Å²) in [7, 11) is 1.68. The van der Waals surface area contributed by atoms with Crippen molar-refractivity contribution in [2.75, 3.05) is 38.7 Å². The van der Waals surface area contributed by atoms with Crippen LogP contribution in [0.25, 0.3) is 0 Å². The number of methoxy groups -OCH3 is 1. The minimum Gasteiger partial charge on any atom is -0.383 e. The highest BCUT2D eigenvalue weighted by Crippen LogP contribution is 2.16. The lowest BCUT2D eigenvalue weighted by atomic mass is 10.1. The number of ether oxygens (including phenoxy) is 1. The molecule has 6 heteroatoms. The van der Waals surface area contributed by atoms with Gasteiger partial charge in [-0.25, -0.2) is 0 Å². The van der Waals surface area contributed by atoms with Crippen molar-refractivity contribution in [2.24, 2.45) is 0 Å². The van der Waals surface area contributed by atoms with Gasteiger partial charge in [0.1, 0.15) is 0 Å². The fraction of sp³-hybridized carbons (Fsp3) is 0.556. The number of hydrogen-bond acceptors (Lipinski definition) is 4. The molecule has 132 valence electrons. The van der Waals surface area contributed by atoms with Crippen molar-refractivity contribution in [3.05, 3.63) is 29.3 Å². The normalized spacial score (nSPS) is 18.2. The highest BCUT2D eigenvalue weighted by atomic mass is 16.5. The molecule has 2 amide bonds. The second-order valence-electron chi connectivity index (χ2n) is 6.38. The summed E-state index contributed by atoms with van der Waals surface area (Å²) in [5.74, 6) is -1.19. The zero-order valence-corrected chi connectivity index (χ0v) is 14.7. The van der Waals surface area contributed by atoms with E-state index in [1.165, 1.54) is 0 Å². The van der Waals surface area contributed by atoms with Crippen LogP contribution in [0, 0.1) is 13.8 Å². The lowest BCUT2D eigenvalue weighted by molar-refractivity contribution is -0.136. The summed E-state index contributed by atoms with van der Waals surface area (Å²) in [5, 5.41) is 5.53. The van der Waals surface area contributed by atoms with Gasteiger partial charge >= 0.3 is 11.8 Å². The number of carbonyl (C=O) groups excluding carboxylic acids is 2. The number of piperidine rings is 1. The lowest BCUT2D eigenvalue weighted by Crippen LogP contribution is -2.50. The van der Waals surface area contributed by atoms with E-state index in [2.05, 4.69) is 15.5 Å². The zero-order chi connectivity index (χ0) is 17.5. The van der Waals surface area contributed by atoms with Gasteiger partial charge in [0.15, 0.2) is 0 Å². The summed E-state index contributed by atoms with van der Waals surface area (Å²) in [6.45, 7) is 7.18. The molecule has 0 unspecified atom stereocenters. The van der Waals surface area contributed by atoms with Crippen LogP contribution in [0.5, 0.6) is 0 Å². The maximum atomic E-state index is 12.1. The molecule has 0 saturated carbocycles. The van der Waals surface area contributed by atoms with E-state index in [0.29, 0.717) is 12.3 Å². The molecular formula is C18H27N3O3. The fourth-order valence-corrected chi connectivity index (χ4v) is 2.98.